The first-order valence-electron chi connectivity index (χ1n) is 12.3. The number of amides is 2. The fraction of sp³-hybridized carbons (Fsp3) is 0.267. The van der Waals surface area contributed by atoms with Crippen LogP contribution in [0, 0.1) is 0 Å². The van der Waals surface area contributed by atoms with Crippen molar-refractivity contribution in [1.82, 2.24) is 10.6 Å². The van der Waals surface area contributed by atoms with Crippen LogP contribution in [0.15, 0.2) is 72.8 Å². The van der Waals surface area contributed by atoms with Gasteiger partial charge in [-0.15, -0.1) is 0 Å². The smallest absolute Gasteiger partial charge is 0.251 e. The molecule has 34 heavy (non-hydrogen) atoms. The van der Waals surface area contributed by atoms with Gasteiger partial charge in [0.2, 0.25) is 0 Å². The van der Waals surface area contributed by atoms with Crippen molar-refractivity contribution in [3.05, 3.63) is 83.9 Å². The molecule has 0 heterocycles. The van der Waals surface area contributed by atoms with E-state index < -0.39 is 0 Å². The number of unbranched alkanes of at least 4 members (excludes halogenated alkanes) is 2. The molecule has 174 valence electrons. The molecule has 0 bridgehead atoms. The van der Waals surface area contributed by atoms with Crippen molar-refractivity contribution in [1.29, 1.82) is 0 Å². The average Bonchev–Trinajstić information content (AvgIpc) is 2.87. The predicted octanol–water partition coefficient (Wildman–Crippen LogP) is 6.72. The van der Waals surface area contributed by atoms with Crippen molar-refractivity contribution >= 4 is 33.4 Å². The summed E-state index contributed by atoms with van der Waals surface area (Å²) >= 11 is 0. The van der Waals surface area contributed by atoms with Gasteiger partial charge in [-0.1, -0.05) is 87.4 Å². The van der Waals surface area contributed by atoms with Crippen LogP contribution in [-0.4, -0.2) is 24.9 Å². The maximum absolute atomic E-state index is 13.4. The van der Waals surface area contributed by atoms with Gasteiger partial charge in [0.05, 0.1) is 0 Å². The highest BCUT2D eigenvalue weighted by Crippen LogP contribution is 2.39. The molecule has 4 rings (SSSR count). The van der Waals surface area contributed by atoms with E-state index in [1.54, 1.807) is 0 Å². The van der Waals surface area contributed by atoms with Gasteiger partial charge in [0, 0.05) is 35.3 Å². The SMILES string of the molecule is CCCCNC(=O)c1ccc2ccccc2c1-c1c(C(=O)NCCCC)ccc2ccccc12. The summed E-state index contributed by atoms with van der Waals surface area (Å²) in [4.78, 5) is 26.7. The third-order valence-corrected chi connectivity index (χ3v) is 6.23. The van der Waals surface area contributed by atoms with Crippen molar-refractivity contribution in [2.75, 3.05) is 13.1 Å². The van der Waals surface area contributed by atoms with Crippen LogP contribution in [0.2, 0.25) is 0 Å². The Morgan fingerprint density at radius 1 is 0.588 bits per heavy atom. The van der Waals surface area contributed by atoms with Gasteiger partial charge in [0.15, 0.2) is 0 Å². The third kappa shape index (κ3) is 4.81. The van der Waals surface area contributed by atoms with E-state index in [2.05, 4.69) is 24.5 Å². The molecule has 0 aromatic heterocycles. The van der Waals surface area contributed by atoms with Gasteiger partial charge in [-0.05, 0) is 46.5 Å². The van der Waals surface area contributed by atoms with E-state index in [4.69, 9.17) is 0 Å². The van der Waals surface area contributed by atoms with E-state index in [1.807, 2.05) is 72.8 Å². The van der Waals surface area contributed by atoms with Crippen LogP contribution in [0.1, 0.15) is 60.2 Å². The second-order valence-electron chi connectivity index (χ2n) is 8.64. The Hall–Kier alpha value is -3.66. The minimum absolute atomic E-state index is 0.112. The molecule has 0 saturated heterocycles. The molecule has 0 fully saturated rings. The Bertz CT molecular complexity index is 1220. The fourth-order valence-corrected chi connectivity index (χ4v) is 4.41. The summed E-state index contributed by atoms with van der Waals surface area (Å²) in [7, 11) is 0. The van der Waals surface area contributed by atoms with Crippen LogP contribution in [0.25, 0.3) is 32.7 Å². The number of fused-ring (bicyclic) bond motifs is 2. The minimum Gasteiger partial charge on any atom is -0.352 e. The molecule has 4 heteroatoms. The molecule has 2 amide bonds. The molecule has 4 aromatic rings. The van der Waals surface area contributed by atoms with Gasteiger partial charge >= 0.3 is 0 Å². The molecule has 4 nitrogen and oxygen atoms in total. The van der Waals surface area contributed by atoms with Gasteiger partial charge in [0.25, 0.3) is 11.8 Å². The minimum atomic E-state index is -0.112. The standard InChI is InChI=1S/C30H32N2O2/c1-3-5-19-31-29(33)25-17-15-21-11-7-9-13-23(21)27(25)28-24-14-10-8-12-22(24)16-18-26(28)30(34)32-20-6-4-2/h7-18H,3-6,19-20H2,1-2H3,(H,31,33)(H,32,34). The lowest BCUT2D eigenvalue weighted by Crippen LogP contribution is -2.26. The number of carbonyl (C=O) groups excluding carboxylic acids is 2. The summed E-state index contributed by atoms with van der Waals surface area (Å²) in [6, 6.07) is 23.9. The normalized spacial score (nSPS) is 11.0. The van der Waals surface area contributed by atoms with Gasteiger partial charge in [-0.2, -0.15) is 0 Å². The summed E-state index contributed by atoms with van der Waals surface area (Å²) in [6.07, 6.45) is 3.87. The molecule has 4 aromatic carbocycles. The molecular weight excluding hydrogens is 420 g/mol. The molecule has 2 N–H and O–H groups in total. The summed E-state index contributed by atoms with van der Waals surface area (Å²) in [5.74, 6) is -0.223. The van der Waals surface area contributed by atoms with Crippen molar-refractivity contribution < 1.29 is 9.59 Å². The highest BCUT2D eigenvalue weighted by molar-refractivity contribution is 6.18. The van der Waals surface area contributed by atoms with Gasteiger partial charge in [-0.3, -0.25) is 9.59 Å². The number of benzene rings is 4. The first-order valence-corrected chi connectivity index (χ1v) is 12.3. The molecule has 0 saturated carbocycles. The van der Waals surface area contributed by atoms with Crippen molar-refractivity contribution in [2.45, 2.75) is 39.5 Å². The van der Waals surface area contributed by atoms with Crippen LogP contribution in [-0.2, 0) is 0 Å². The predicted molar refractivity (Wildman–Crippen MR) is 141 cm³/mol. The van der Waals surface area contributed by atoms with Crippen molar-refractivity contribution in [3.63, 3.8) is 0 Å². The Morgan fingerprint density at radius 3 is 1.41 bits per heavy atom. The lowest BCUT2D eigenvalue weighted by Gasteiger charge is -2.19. The largest absolute Gasteiger partial charge is 0.352 e. The topological polar surface area (TPSA) is 58.2 Å². The zero-order chi connectivity index (χ0) is 23.9. The number of rotatable bonds is 9. The lowest BCUT2D eigenvalue weighted by molar-refractivity contribution is 0.0944. The number of hydrogen-bond donors (Lipinski definition) is 2. The van der Waals surface area contributed by atoms with E-state index in [1.165, 1.54) is 0 Å². The third-order valence-electron chi connectivity index (χ3n) is 6.23. The molecule has 0 aliphatic rings. The van der Waals surface area contributed by atoms with Crippen molar-refractivity contribution in [2.24, 2.45) is 0 Å². The fourth-order valence-electron chi connectivity index (χ4n) is 4.41. The van der Waals surface area contributed by atoms with Crippen LogP contribution >= 0.6 is 0 Å². The quantitative estimate of drug-likeness (QED) is 0.277. The monoisotopic (exact) mass is 452 g/mol. The molecular formula is C30H32N2O2. The molecule has 0 spiro atoms. The average molecular weight is 453 g/mol. The van der Waals surface area contributed by atoms with E-state index in [0.717, 1.165) is 58.4 Å². The number of nitrogens with one attached hydrogen (secondary N) is 2. The lowest BCUT2D eigenvalue weighted by atomic mass is 9.86. The van der Waals surface area contributed by atoms with Crippen LogP contribution in [0.5, 0.6) is 0 Å². The maximum atomic E-state index is 13.4. The van der Waals surface area contributed by atoms with Gasteiger partial charge in [0.1, 0.15) is 0 Å². The first-order chi connectivity index (χ1) is 16.7. The Balaban J connectivity index is 1.99. The van der Waals surface area contributed by atoms with E-state index in [9.17, 15) is 9.59 Å². The van der Waals surface area contributed by atoms with E-state index in [0.29, 0.717) is 24.2 Å². The number of carbonyl (C=O) groups is 2. The van der Waals surface area contributed by atoms with E-state index >= 15 is 0 Å². The second-order valence-corrected chi connectivity index (χ2v) is 8.64. The Morgan fingerprint density at radius 2 is 1.00 bits per heavy atom. The molecule has 0 atom stereocenters. The summed E-state index contributed by atoms with van der Waals surface area (Å²) in [5.41, 5.74) is 2.80. The molecule has 0 aliphatic heterocycles. The highest BCUT2D eigenvalue weighted by atomic mass is 16.2. The van der Waals surface area contributed by atoms with E-state index in [-0.39, 0.29) is 11.8 Å². The molecule has 0 unspecified atom stereocenters. The van der Waals surface area contributed by atoms with Gasteiger partial charge < -0.3 is 10.6 Å². The van der Waals surface area contributed by atoms with Crippen molar-refractivity contribution in [3.8, 4) is 11.1 Å². The summed E-state index contributed by atoms with van der Waals surface area (Å²) in [6.45, 7) is 5.46. The summed E-state index contributed by atoms with van der Waals surface area (Å²) in [5, 5.41) is 10.1. The molecule has 0 radical (unpaired) electrons. The second kappa shape index (κ2) is 11.0. The molecule has 0 aliphatic carbocycles. The Kier molecular flexibility index (Phi) is 7.58. The highest BCUT2D eigenvalue weighted by Gasteiger charge is 2.23. The summed E-state index contributed by atoms with van der Waals surface area (Å²) < 4.78 is 0. The zero-order valence-electron chi connectivity index (χ0n) is 20.0. The zero-order valence-corrected chi connectivity index (χ0v) is 20.0. The maximum Gasteiger partial charge on any atom is 0.251 e. The Labute approximate surface area is 201 Å². The van der Waals surface area contributed by atoms with Gasteiger partial charge in [-0.25, -0.2) is 0 Å². The first kappa shape index (κ1) is 23.5. The van der Waals surface area contributed by atoms with Crippen LogP contribution in [0.3, 0.4) is 0 Å². The van der Waals surface area contributed by atoms with Crippen LogP contribution in [0.4, 0.5) is 0 Å². The van der Waals surface area contributed by atoms with Crippen LogP contribution < -0.4 is 10.6 Å². The number of hydrogen-bond acceptors (Lipinski definition) is 2.